The highest BCUT2D eigenvalue weighted by atomic mass is 16.5. The van der Waals surface area contributed by atoms with Crippen LogP contribution >= 0.6 is 0 Å². The molecule has 1 saturated carbocycles. The number of ether oxygens (including phenoxy) is 1. The van der Waals surface area contributed by atoms with Gasteiger partial charge < -0.3 is 9.72 Å². The van der Waals surface area contributed by atoms with Crippen LogP contribution in [-0.2, 0) is 16.8 Å². The van der Waals surface area contributed by atoms with Crippen molar-refractivity contribution in [3.63, 3.8) is 0 Å². The van der Waals surface area contributed by atoms with Gasteiger partial charge in [-0.2, -0.15) is 0 Å². The predicted octanol–water partition coefficient (Wildman–Crippen LogP) is 2.45. The second-order valence-corrected chi connectivity index (χ2v) is 5.10. The quantitative estimate of drug-likeness (QED) is 0.896. The lowest BCUT2D eigenvalue weighted by Gasteiger charge is -2.35. The van der Waals surface area contributed by atoms with Crippen molar-refractivity contribution in [2.75, 3.05) is 7.11 Å². The Kier molecular flexibility index (Phi) is 3.85. The van der Waals surface area contributed by atoms with E-state index in [0.29, 0.717) is 0 Å². The number of aromatic amines is 1. The van der Waals surface area contributed by atoms with E-state index in [1.165, 1.54) is 6.42 Å². The fraction of sp³-hybridized carbons (Fsp3) is 0.714. The molecular weight excluding hydrogens is 228 g/mol. The van der Waals surface area contributed by atoms with E-state index >= 15 is 0 Å². The van der Waals surface area contributed by atoms with Crippen molar-refractivity contribution in [1.82, 2.24) is 9.97 Å². The van der Waals surface area contributed by atoms with Gasteiger partial charge in [-0.3, -0.25) is 4.79 Å². The molecule has 1 aromatic heterocycles. The van der Waals surface area contributed by atoms with Crippen LogP contribution in [0.2, 0.25) is 0 Å². The Labute approximate surface area is 108 Å². The molecule has 0 atom stereocenters. The van der Waals surface area contributed by atoms with Gasteiger partial charge >= 0.3 is 0 Å². The molecular formula is C14H22N2O2. The van der Waals surface area contributed by atoms with Crippen LogP contribution in [0.5, 0.6) is 0 Å². The molecule has 0 aromatic carbocycles. The first-order valence-electron chi connectivity index (χ1n) is 6.78. The maximum Gasteiger partial charge on any atom is 0.254 e. The molecule has 0 unspecified atom stereocenters. The Bertz CT molecular complexity index is 473. The number of rotatable bonds is 3. The van der Waals surface area contributed by atoms with E-state index in [2.05, 4.69) is 9.97 Å². The minimum absolute atomic E-state index is 0.0288. The first-order valence-corrected chi connectivity index (χ1v) is 6.78. The van der Waals surface area contributed by atoms with Crippen molar-refractivity contribution in [1.29, 1.82) is 0 Å². The van der Waals surface area contributed by atoms with Gasteiger partial charge in [0.2, 0.25) is 0 Å². The fourth-order valence-electron chi connectivity index (χ4n) is 2.80. The van der Waals surface area contributed by atoms with Gasteiger partial charge in [-0.15, -0.1) is 0 Å². The number of hydrogen-bond acceptors (Lipinski definition) is 3. The normalized spacial score (nSPS) is 18.8. The maximum atomic E-state index is 12.0. The summed E-state index contributed by atoms with van der Waals surface area (Å²) < 4.78 is 5.73. The van der Waals surface area contributed by atoms with E-state index in [9.17, 15) is 4.79 Å². The molecule has 2 rings (SSSR count). The van der Waals surface area contributed by atoms with E-state index in [1.54, 1.807) is 7.11 Å². The number of hydrogen-bond donors (Lipinski definition) is 1. The maximum absolute atomic E-state index is 12.0. The summed E-state index contributed by atoms with van der Waals surface area (Å²) in [4.78, 5) is 19.5. The summed E-state index contributed by atoms with van der Waals surface area (Å²) in [5, 5.41) is 0. The molecule has 1 aliphatic rings. The zero-order valence-electron chi connectivity index (χ0n) is 11.5. The van der Waals surface area contributed by atoms with Crippen molar-refractivity contribution in [2.45, 2.75) is 58.0 Å². The lowest BCUT2D eigenvalue weighted by Crippen LogP contribution is -2.36. The highest BCUT2D eigenvalue weighted by Crippen LogP contribution is 2.38. The molecule has 4 nitrogen and oxygen atoms in total. The van der Waals surface area contributed by atoms with Gasteiger partial charge in [0.1, 0.15) is 11.4 Å². The molecule has 0 spiro atoms. The number of H-pyrrole nitrogens is 1. The second kappa shape index (κ2) is 5.22. The molecule has 0 radical (unpaired) electrons. The third-order valence-corrected chi connectivity index (χ3v) is 4.07. The Morgan fingerprint density at radius 1 is 1.33 bits per heavy atom. The van der Waals surface area contributed by atoms with Crippen LogP contribution in [0.1, 0.15) is 56.1 Å². The van der Waals surface area contributed by atoms with Gasteiger partial charge in [-0.05, 0) is 26.2 Å². The van der Waals surface area contributed by atoms with E-state index in [4.69, 9.17) is 4.74 Å². The summed E-state index contributed by atoms with van der Waals surface area (Å²) in [6, 6.07) is 0. The smallest absolute Gasteiger partial charge is 0.254 e. The van der Waals surface area contributed by atoms with E-state index in [0.717, 1.165) is 49.2 Å². The summed E-state index contributed by atoms with van der Waals surface area (Å²) in [7, 11) is 1.72. The highest BCUT2D eigenvalue weighted by Gasteiger charge is 2.36. The molecule has 1 aliphatic carbocycles. The van der Waals surface area contributed by atoms with E-state index in [1.807, 2.05) is 13.8 Å². The van der Waals surface area contributed by atoms with E-state index < -0.39 is 0 Å². The van der Waals surface area contributed by atoms with Crippen LogP contribution in [0, 0.1) is 6.92 Å². The van der Waals surface area contributed by atoms with Crippen LogP contribution in [0.15, 0.2) is 4.79 Å². The van der Waals surface area contributed by atoms with Crippen molar-refractivity contribution >= 4 is 0 Å². The molecule has 0 aliphatic heterocycles. The molecule has 1 aromatic rings. The van der Waals surface area contributed by atoms with Gasteiger partial charge in [0, 0.05) is 12.7 Å². The van der Waals surface area contributed by atoms with Crippen molar-refractivity contribution in [3.8, 4) is 0 Å². The summed E-state index contributed by atoms with van der Waals surface area (Å²) >= 11 is 0. The standard InChI is InChI=1S/C14H22N2O2/c1-4-11-10(2)12(17)16-13(15-11)14(18-3)8-6-5-7-9-14/h4-9H2,1-3H3,(H,15,16,17). The molecule has 18 heavy (non-hydrogen) atoms. The Balaban J connectivity index is 2.48. The molecule has 0 saturated heterocycles. The average Bonchev–Trinajstić information content (AvgIpc) is 2.42. The number of nitrogens with zero attached hydrogens (tertiary/aromatic N) is 1. The predicted molar refractivity (Wildman–Crippen MR) is 70.7 cm³/mol. The summed E-state index contributed by atoms with van der Waals surface area (Å²) in [6.45, 7) is 3.85. The third kappa shape index (κ3) is 2.21. The summed E-state index contributed by atoms with van der Waals surface area (Å²) in [5.74, 6) is 0.720. The zero-order valence-corrected chi connectivity index (χ0v) is 11.5. The van der Waals surface area contributed by atoms with Gasteiger partial charge in [-0.25, -0.2) is 4.98 Å². The van der Waals surface area contributed by atoms with Crippen LogP contribution in [0.4, 0.5) is 0 Å². The third-order valence-electron chi connectivity index (χ3n) is 4.07. The topological polar surface area (TPSA) is 55.0 Å². The Morgan fingerprint density at radius 2 is 2.00 bits per heavy atom. The summed E-state index contributed by atoms with van der Waals surface area (Å²) in [6.07, 6.45) is 6.17. The number of aromatic nitrogens is 2. The molecule has 0 bridgehead atoms. The lowest BCUT2D eigenvalue weighted by atomic mass is 9.83. The van der Waals surface area contributed by atoms with Crippen LogP contribution < -0.4 is 5.56 Å². The minimum Gasteiger partial charge on any atom is -0.370 e. The fourth-order valence-corrected chi connectivity index (χ4v) is 2.80. The number of nitrogens with one attached hydrogen (secondary N) is 1. The molecule has 0 amide bonds. The number of aryl methyl sites for hydroxylation is 1. The number of methoxy groups -OCH3 is 1. The Hall–Kier alpha value is -1.16. The van der Waals surface area contributed by atoms with Crippen molar-refractivity contribution < 1.29 is 4.74 Å². The Morgan fingerprint density at radius 3 is 2.56 bits per heavy atom. The van der Waals surface area contributed by atoms with Crippen LogP contribution in [0.25, 0.3) is 0 Å². The SMILES string of the molecule is CCc1nc(C2(OC)CCCCC2)[nH]c(=O)c1C. The largest absolute Gasteiger partial charge is 0.370 e. The van der Waals surface area contributed by atoms with Gasteiger partial charge in [0.05, 0.1) is 5.69 Å². The van der Waals surface area contributed by atoms with Crippen molar-refractivity contribution in [2.24, 2.45) is 0 Å². The van der Waals surface area contributed by atoms with E-state index in [-0.39, 0.29) is 11.2 Å². The monoisotopic (exact) mass is 250 g/mol. The molecule has 4 heteroatoms. The van der Waals surface area contributed by atoms with Crippen LogP contribution in [-0.4, -0.2) is 17.1 Å². The highest BCUT2D eigenvalue weighted by molar-refractivity contribution is 5.18. The molecule has 100 valence electrons. The molecule has 1 fully saturated rings. The first kappa shape index (κ1) is 13.3. The minimum atomic E-state index is -0.380. The van der Waals surface area contributed by atoms with Crippen LogP contribution in [0.3, 0.4) is 0 Å². The van der Waals surface area contributed by atoms with Gasteiger partial charge in [-0.1, -0.05) is 26.2 Å². The van der Waals surface area contributed by atoms with Gasteiger partial charge in [0.25, 0.3) is 5.56 Å². The second-order valence-electron chi connectivity index (χ2n) is 5.10. The lowest BCUT2D eigenvalue weighted by molar-refractivity contribution is -0.0518. The van der Waals surface area contributed by atoms with Crippen molar-refractivity contribution in [3.05, 3.63) is 27.4 Å². The molecule has 1 heterocycles. The molecule has 1 N–H and O–H groups in total. The average molecular weight is 250 g/mol. The van der Waals surface area contributed by atoms with Gasteiger partial charge in [0.15, 0.2) is 0 Å². The zero-order chi connectivity index (χ0) is 13.2. The first-order chi connectivity index (χ1) is 8.63. The summed E-state index contributed by atoms with van der Waals surface area (Å²) in [5.41, 5.74) is 1.20.